The normalized spacial score (nSPS) is 11.0. The molecular formula is C11H18S. The lowest BCUT2D eigenvalue weighted by molar-refractivity contribution is 0.804. The van der Waals surface area contributed by atoms with Crippen LogP contribution in [0.3, 0.4) is 0 Å². The number of hydrogen-bond donors (Lipinski definition) is 0. The van der Waals surface area contributed by atoms with Crippen molar-refractivity contribution in [3.05, 3.63) is 21.9 Å². The van der Waals surface area contributed by atoms with E-state index in [0.717, 1.165) is 0 Å². The van der Waals surface area contributed by atoms with E-state index in [1.54, 1.807) is 4.88 Å². The van der Waals surface area contributed by atoms with Gasteiger partial charge in [0.15, 0.2) is 0 Å². The van der Waals surface area contributed by atoms with Crippen LogP contribution in [-0.4, -0.2) is 0 Å². The van der Waals surface area contributed by atoms with Crippen molar-refractivity contribution in [1.82, 2.24) is 0 Å². The second-order valence-electron chi connectivity index (χ2n) is 3.56. The van der Waals surface area contributed by atoms with Crippen molar-refractivity contribution in [3.8, 4) is 0 Å². The summed E-state index contributed by atoms with van der Waals surface area (Å²) in [4.78, 5) is 3.08. The van der Waals surface area contributed by atoms with Crippen LogP contribution in [0.1, 0.15) is 49.3 Å². The van der Waals surface area contributed by atoms with Crippen molar-refractivity contribution in [2.45, 2.75) is 46.0 Å². The Hall–Kier alpha value is -0.300. The fraction of sp³-hybridized carbons (Fsp3) is 0.636. The van der Waals surface area contributed by atoms with Gasteiger partial charge in [0.05, 0.1) is 0 Å². The molecule has 0 saturated heterocycles. The van der Waals surface area contributed by atoms with E-state index >= 15 is 0 Å². The molecule has 0 bridgehead atoms. The standard InChI is InChI=1S/C11H18S/c1-4-5-6-10-7-8-11(12-10)9(2)3/h7-9H,4-6H2,1-3H3. The molecule has 1 rings (SSSR count). The molecule has 1 aromatic rings. The minimum Gasteiger partial charge on any atom is -0.145 e. The number of aryl methyl sites for hydroxylation is 1. The molecular weight excluding hydrogens is 164 g/mol. The first-order chi connectivity index (χ1) is 5.74. The van der Waals surface area contributed by atoms with Gasteiger partial charge in [-0.25, -0.2) is 0 Å². The Morgan fingerprint density at radius 2 is 2.08 bits per heavy atom. The van der Waals surface area contributed by atoms with Gasteiger partial charge < -0.3 is 0 Å². The molecule has 1 heteroatoms. The highest BCUT2D eigenvalue weighted by molar-refractivity contribution is 7.12. The Labute approximate surface area is 79.6 Å². The predicted molar refractivity (Wildman–Crippen MR) is 57.0 cm³/mol. The Morgan fingerprint density at radius 1 is 1.33 bits per heavy atom. The molecule has 0 amide bonds. The number of unbranched alkanes of at least 4 members (excludes halogenated alkanes) is 1. The predicted octanol–water partition coefficient (Wildman–Crippen LogP) is 4.21. The summed E-state index contributed by atoms with van der Waals surface area (Å²) in [5.74, 6) is 0.699. The van der Waals surface area contributed by atoms with Gasteiger partial charge in [-0.1, -0.05) is 27.2 Å². The molecule has 0 unspecified atom stereocenters. The summed E-state index contributed by atoms with van der Waals surface area (Å²) >= 11 is 1.98. The van der Waals surface area contributed by atoms with Gasteiger partial charge in [0, 0.05) is 9.75 Å². The lowest BCUT2D eigenvalue weighted by Gasteiger charge is -1.97. The molecule has 1 aromatic heterocycles. The first-order valence-electron chi connectivity index (χ1n) is 4.82. The van der Waals surface area contributed by atoms with E-state index < -0.39 is 0 Å². The lowest BCUT2D eigenvalue weighted by Crippen LogP contribution is -1.78. The summed E-state index contributed by atoms with van der Waals surface area (Å²) in [6.07, 6.45) is 3.90. The fourth-order valence-electron chi connectivity index (χ4n) is 1.19. The molecule has 0 fully saturated rings. The van der Waals surface area contributed by atoms with Gasteiger partial charge in [0.1, 0.15) is 0 Å². The molecule has 1 heterocycles. The molecule has 68 valence electrons. The van der Waals surface area contributed by atoms with Crippen LogP contribution in [-0.2, 0) is 6.42 Å². The molecule has 0 atom stereocenters. The van der Waals surface area contributed by atoms with E-state index in [0.29, 0.717) is 5.92 Å². The minimum absolute atomic E-state index is 0.699. The molecule has 12 heavy (non-hydrogen) atoms. The smallest absolute Gasteiger partial charge is 0.00736 e. The van der Waals surface area contributed by atoms with E-state index in [1.807, 2.05) is 11.3 Å². The zero-order valence-electron chi connectivity index (χ0n) is 8.26. The van der Waals surface area contributed by atoms with Gasteiger partial charge in [-0.3, -0.25) is 0 Å². The summed E-state index contributed by atoms with van der Waals surface area (Å²) in [5.41, 5.74) is 0. The summed E-state index contributed by atoms with van der Waals surface area (Å²) in [6, 6.07) is 4.57. The molecule has 0 saturated carbocycles. The molecule has 0 spiro atoms. The fourth-order valence-corrected chi connectivity index (χ4v) is 2.25. The first-order valence-corrected chi connectivity index (χ1v) is 5.64. The Kier molecular flexibility index (Phi) is 3.80. The zero-order valence-corrected chi connectivity index (χ0v) is 9.08. The number of rotatable bonds is 4. The maximum absolute atomic E-state index is 2.29. The Balaban J connectivity index is 2.52. The van der Waals surface area contributed by atoms with Crippen molar-refractivity contribution in [2.24, 2.45) is 0 Å². The van der Waals surface area contributed by atoms with E-state index in [9.17, 15) is 0 Å². The van der Waals surface area contributed by atoms with Crippen molar-refractivity contribution in [3.63, 3.8) is 0 Å². The van der Waals surface area contributed by atoms with Crippen LogP contribution < -0.4 is 0 Å². The molecule has 0 radical (unpaired) electrons. The van der Waals surface area contributed by atoms with Crippen LogP contribution >= 0.6 is 11.3 Å². The van der Waals surface area contributed by atoms with Gasteiger partial charge >= 0.3 is 0 Å². The summed E-state index contributed by atoms with van der Waals surface area (Å²) < 4.78 is 0. The highest BCUT2D eigenvalue weighted by Gasteiger charge is 2.02. The zero-order chi connectivity index (χ0) is 8.97. The Morgan fingerprint density at radius 3 is 2.58 bits per heavy atom. The van der Waals surface area contributed by atoms with Gasteiger partial charge in [-0.05, 0) is 30.9 Å². The van der Waals surface area contributed by atoms with E-state index in [-0.39, 0.29) is 0 Å². The molecule has 0 aliphatic rings. The van der Waals surface area contributed by atoms with Crippen molar-refractivity contribution in [1.29, 1.82) is 0 Å². The van der Waals surface area contributed by atoms with Gasteiger partial charge in [-0.2, -0.15) is 0 Å². The topological polar surface area (TPSA) is 0 Å². The van der Waals surface area contributed by atoms with Gasteiger partial charge in [-0.15, -0.1) is 11.3 Å². The van der Waals surface area contributed by atoms with Crippen LogP contribution in [0.2, 0.25) is 0 Å². The number of hydrogen-bond acceptors (Lipinski definition) is 1. The van der Waals surface area contributed by atoms with E-state index in [4.69, 9.17) is 0 Å². The highest BCUT2D eigenvalue weighted by Crippen LogP contribution is 2.25. The number of thiophene rings is 1. The van der Waals surface area contributed by atoms with E-state index in [1.165, 1.54) is 24.1 Å². The maximum Gasteiger partial charge on any atom is 0.00736 e. The molecule has 0 aliphatic carbocycles. The minimum atomic E-state index is 0.699. The summed E-state index contributed by atoms with van der Waals surface area (Å²) in [6.45, 7) is 6.77. The molecule has 0 aliphatic heterocycles. The third-order valence-electron chi connectivity index (χ3n) is 2.03. The summed E-state index contributed by atoms with van der Waals surface area (Å²) in [5, 5.41) is 0. The van der Waals surface area contributed by atoms with Crippen LogP contribution in [0.15, 0.2) is 12.1 Å². The quantitative estimate of drug-likeness (QED) is 0.654. The van der Waals surface area contributed by atoms with Crippen LogP contribution in [0, 0.1) is 0 Å². The highest BCUT2D eigenvalue weighted by atomic mass is 32.1. The first kappa shape index (κ1) is 9.79. The van der Waals surface area contributed by atoms with E-state index in [2.05, 4.69) is 32.9 Å². The summed E-state index contributed by atoms with van der Waals surface area (Å²) in [7, 11) is 0. The van der Waals surface area contributed by atoms with Crippen molar-refractivity contribution < 1.29 is 0 Å². The lowest BCUT2D eigenvalue weighted by atomic mass is 10.2. The largest absolute Gasteiger partial charge is 0.145 e. The van der Waals surface area contributed by atoms with Gasteiger partial charge in [0.2, 0.25) is 0 Å². The van der Waals surface area contributed by atoms with Crippen LogP contribution in [0.25, 0.3) is 0 Å². The average Bonchev–Trinajstić information content (AvgIpc) is 2.48. The average molecular weight is 182 g/mol. The molecule has 0 nitrogen and oxygen atoms in total. The molecule has 0 N–H and O–H groups in total. The monoisotopic (exact) mass is 182 g/mol. The SMILES string of the molecule is CCCCc1ccc(C(C)C)s1. The van der Waals surface area contributed by atoms with Crippen LogP contribution in [0.5, 0.6) is 0 Å². The second kappa shape index (κ2) is 4.66. The maximum atomic E-state index is 2.29. The Bertz CT molecular complexity index is 223. The second-order valence-corrected chi connectivity index (χ2v) is 4.76. The third kappa shape index (κ3) is 2.63. The van der Waals surface area contributed by atoms with Crippen molar-refractivity contribution >= 4 is 11.3 Å². The molecule has 0 aromatic carbocycles. The van der Waals surface area contributed by atoms with Gasteiger partial charge in [0.25, 0.3) is 0 Å². The van der Waals surface area contributed by atoms with Crippen LogP contribution in [0.4, 0.5) is 0 Å². The van der Waals surface area contributed by atoms with Crippen molar-refractivity contribution in [2.75, 3.05) is 0 Å². The third-order valence-corrected chi connectivity index (χ3v) is 3.47.